The summed E-state index contributed by atoms with van der Waals surface area (Å²) in [5.74, 6) is 0.974. The molecule has 1 aromatic carbocycles. The van der Waals surface area contributed by atoms with Gasteiger partial charge in [-0.3, -0.25) is 4.98 Å². The first-order valence-electron chi connectivity index (χ1n) is 14.0. The second kappa shape index (κ2) is 15.5. The number of nitrogens with one attached hydrogen (secondary N) is 2. The van der Waals surface area contributed by atoms with Gasteiger partial charge in [0.05, 0.1) is 61.8 Å². The number of pyridine rings is 1. The SMILES string of the molecule is CCC.N#Cc1cc(-c2ccnc(Nc3ccc(CNC(=O)N4CCOCC4)nc3)n2)ccc1OC1CCOCC1. The maximum atomic E-state index is 12.3. The molecule has 2 fully saturated rings. The molecule has 5 rings (SSSR count). The molecule has 41 heavy (non-hydrogen) atoms. The van der Waals surface area contributed by atoms with Gasteiger partial charge in [0.15, 0.2) is 0 Å². The summed E-state index contributed by atoms with van der Waals surface area (Å²) in [6.07, 6.45) is 6.26. The van der Waals surface area contributed by atoms with Crippen molar-refractivity contribution in [1.82, 2.24) is 25.2 Å². The Morgan fingerprint density at radius 3 is 2.54 bits per heavy atom. The number of urea groups is 1. The second-order valence-corrected chi connectivity index (χ2v) is 9.65. The molecule has 2 aromatic heterocycles. The highest BCUT2D eigenvalue weighted by Crippen LogP contribution is 2.28. The molecule has 0 unspecified atom stereocenters. The van der Waals surface area contributed by atoms with E-state index in [1.165, 1.54) is 6.42 Å². The lowest BCUT2D eigenvalue weighted by Crippen LogP contribution is -2.45. The van der Waals surface area contributed by atoms with Gasteiger partial charge in [-0.15, -0.1) is 0 Å². The molecule has 0 spiro atoms. The molecule has 0 saturated carbocycles. The third-order valence-electron chi connectivity index (χ3n) is 6.31. The molecule has 3 aromatic rings. The van der Waals surface area contributed by atoms with Crippen molar-refractivity contribution in [3.8, 4) is 23.1 Å². The van der Waals surface area contributed by atoms with Crippen molar-refractivity contribution in [3.05, 3.63) is 60.0 Å². The lowest BCUT2D eigenvalue weighted by molar-refractivity contribution is 0.0254. The number of anilines is 2. The van der Waals surface area contributed by atoms with Crippen molar-refractivity contribution in [1.29, 1.82) is 5.26 Å². The van der Waals surface area contributed by atoms with Crippen LogP contribution in [0, 0.1) is 11.3 Å². The maximum Gasteiger partial charge on any atom is 0.317 e. The number of nitriles is 1. The second-order valence-electron chi connectivity index (χ2n) is 9.65. The summed E-state index contributed by atoms with van der Waals surface area (Å²) in [7, 11) is 0. The fraction of sp³-hybridized carbons (Fsp3) is 0.433. The number of morpholine rings is 1. The van der Waals surface area contributed by atoms with Gasteiger partial charge in [0.1, 0.15) is 17.9 Å². The number of aromatic nitrogens is 3. The molecule has 2 aliphatic rings. The predicted molar refractivity (Wildman–Crippen MR) is 155 cm³/mol. The van der Waals surface area contributed by atoms with Gasteiger partial charge < -0.3 is 29.7 Å². The zero-order chi connectivity index (χ0) is 28.9. The van der Waals surface area contributed by atoms with E-state index in [2.05, 4.69) is 45.5 Å². The van der Waals surface area contributed by atoms with E-state index in [4.69, 9.17) is 14.2 Å². The third kappa shape index (κ3) is 8.86. The van der Waals surface area contributed by atoms with Crippen molar-refractivity contribution in [3.63, 3.8) is 0 Å². The molecule has 0 atom stereocenters. The smallest absolute Gasteiger partial charge is 0.317 e. The average molecular weight is 560 g/mol. The summed E-state index contributed by atoms with van der Waals surface area (Å²) in [6, 6.07) is 13.1. The number of amides is 2. The molecular formula is C30H37N7O4. The first kappa shape index (κ1) is 29.7. The van der Waals surface area contributed by atoms with E-state index in [-0.39, 0.29) is 12.1 Å². The van der Waals surface area contributed by atoms with Crippen LogP contribution in [0.1, 0.15) is 44.4 Å². The minimum Gasteiger partial charge on any atom is -0.489 e. The molecule has 2 amide bonds. The maximum absolute atomic E-state index is 12.3. The normalized spacial score (nSPS) is 15.2. The standard InChI is InChI=1S/C27H29N7O4.C3H8/c28-16-20-15-19(1-4-25(20)38-23-6-11-36-12-7-23)24-5-8-29-26(33-24)32-22-3-2-21(30-18-22)17-31-27(35)34-9-13-37-14-10-34;1-3-2/h1-5,8,15,18,23H,6-7,9-14,17H2,(H,31,35)(H,29,32,33);3H2,1-2H3. The Balaban J connectivity index is 0.00000124. The number of ether oxygens (including phenoxy) is 3. The lowest BCUT2D eigenvalue weighted by atomic mass is 10.1. The fourth-order valence-corrected chi connectivity index (χ4v) is 4.21. The van der Waals surface area contributed by atoms with E-state index < -0.39 is 0 Å². The van der Waals surface area contributed by atoms with Crippen molar-refractivity contribution in [2.45, 2.75) is 45.8 Å². The van der Waals surface area contributed by atoms with Gasteiger partial charge in [0.2, 0.25) is 5.95 Å². The molecule has 2 N–H and O–H groups in total. The summed E-state index contributed by atoms with van der Waals surface area (Å²) in [4.78, 5) is 27.3. The highest BCUT2D eigenvalue weighted by molar-refractivity contribution is 5.74. The fourth-order valence-electron chi connectivity index (χ4n) is 4.21. The topological polar surface area (TPSA) is 135 Å². The van der Waals surface area contributed by atoms with Gasteiger partial charge in [-0.05, 0) is 36.4 Å². The van der Waals surface area contributed by atoms with Gasteiger partial charge in [0.25, 0.3) is 0 Å². The zero-order valence-electron chi connectivity index (χ0n) is 23.6. The van der Waals surface area contributed by atoms with Crippen LogP contribution in [0.15, 0.2) is 48.8 Å². The Hall–Kier alpha value is -4.27. The highest BCUT2D eigenvalue weighted by atomic mass is 16.5. The van der Waals surface area contributed by atoms with Crippen LogP contribution in [-0.4, -0.2) is 71.5 Å². The van der Waals surface area contributed by atoms with Crippen LogP contribution >= 0.6 is 0 Å². The van der Waals surface area contributed by atoms with Crippen molar-refractivity contribution >= 4 is 17.7 Å². The van der Waals surface area contributed by atoms with E-state index in [9.17, 15) is 10.1 Å². The van der Waals surface area contributed by atoms with Gasteiger partial charge in [-0.1, -0.05) is 20.3 Å². The van der Waals surface area contributed by atoms with Crippen molar-refractivity contribution in [2.24, 2.45) is 0 Å². The van der Waals surface area contributed by atoms with Crippen molar-refractivity contribution < 1.29 is 19.0 Å². The number of carbonyl (C=O) groups excluding carboxylic acids is 1. The van der Waals surface area contributed by atoms with Gasteiger partial charge in [-0.2, -0.15) is 5.26 Å². The molecule has 11 nitrogen and oxygen atoms in total. The van der Waals surface area contributed by atoms with E-state index in [0.29, 0.717) is 74.7 Å². The molecule has 0 radical (unpaired) electrons. The Kier molecular flexibility index (Phi) is 11.2. The van der Waals surface area contributed by atoms with Gasteiger partial charge >= 0.3 is 6.03 Å². The number of rotatable bonds is 7. The largest absolute Gasteiger partial charge is 0.489 e. The van der Waals surface area contributed by atoms with E-state index >= 15 is 0 Å². The number of benzene rings is 1. The van der Waals surface area contributed by atoms with Crippen LogP contribution in [0.4, 0.5) is 16.4 Å². The van der Waals surface area contributed by atoms with Crippen molar-refractivity contribution in [2.75, 3.05) is 44.8 Å². The molecule has 2 saturated heterocycles. The summed E-state index contributed by atoms with van der Waals surface area (Å²) >= 11 is 0. The van der Waals surface area contributed by atoms with Crippen LogP contribution in [-0.2, 0) is 16.0 Å². The lowest BCUT2D eigenvalue weighted by Gasteiger charge is -2.26. The van der Waals surface area contributed by atoms with E-state index in [0.717, 1.165) is 24.1 Å². The molecule has 0 aliphatic carbocycles. The summed E-state index contributed by atoms with van der Waals surface area (Å²) < 4.78 is 16.7. The molecule has 0 bridgehead atoms. The molecule has 11 heteroatoms. The monoisotopic (exact) mass is 559 g/mol. The quantitative estimate of drug-likeness (QED) is 0.423. The Morgan fingerprint density at radius 2 is 1.83 bits per heavy atom. The van der Waals surface area contributed by atoms with Gasteiger partial charge in [-0.25, -0.2) is 14.8 Å². The number of carbonyl (C=O) groups is 1. The number of hydrogen-bond donors (Lipinski definition) is 2. The molecule has 2 aliphatic heterocycles. The number of hydrogen-bond acceptors (Lipinski definition) is 9. The van der Waals surface area contributed by atoms with Crippen LogP contribution in [0.25, 0.3) is 11.3 Å². The Morgan fingerprint density at radius 1 is 1.07 bits per heavy atom. The Bertz CT molecular complexity index is 1300. The van der Waals surface area contributed by atoms with Crippen LogP contribution < -0.4 is 15.4 Å². The molecule has 4 heterocycles. The summed E-state index contributed by atoms with van der Waals surface area (Å²) in [5.41, 5.74) is 3.37. The predicted octanol–water partition coefficient (Wildman–Crippen LogP) is 4.67. The highest BCUT2D eigenvalue weighted by Gasteiger charge is 2.18. The van der Waals surface area contributed by atoms with Crippen LogP contribution in [0.5, 0.6) is 5.75 Å². The average Bonchev–Trinajstić information content (AvgIpc) is 3.02. The van der Waals surface area contributed by atoms with Gasteiger partial charge in [0, 0.05) is 37.7 Å². The number of nitrogens with zero attached hydrogens (tertiary/aromatic N) is 5. The third-order valence-corrected chi connectivity index (χ3v) is 6.31. The zero-order valence-corrected chi connectivity index (χ0v) is 23.6. The minimum atomic E-state index is -0.120. The van der Waals surface area contributed by atoms with E-state index in [1.807, 2.05) is 24.3 Å². The molecule has 216 valence electrons. The first-order valence-corrected chi connectivity index (χ1v) is 14.0. The molecular weight excluding hydrogens is 522 g/mol. The first-order chi connectivity index (χ1) is 20.1. The summed E-state index contributed by atoms with van der Waals surface area (Å²) in [6.45, 7) is 8.23. The van der Waals surface area contributed by atoms with E-state index in [1.54, 1.807) is 29.4 Å². The minimum absolute atomic E-state index is 0.0533. The van der Waals surface area contributed by atoms with Crippen LogP contribution in [0.3, 0.4) is 0 Å². The Labute approximate surface area is 240 Å². The van der Waals surface area contributed by atoms with Crippen LogP contribution in [0.2, 0.25) is 0 Å². The summed E-state index contributed by atoms with van der Waals surface area (Å²) in [5, 5.41) is 15.7.